The van der Waals surface area contributed by atoms with Crippen molar-refractivity contribution in [2.75, 3.05) is 23.7 Å². The maximum absolute atomic E-state index is 13.0. The van der Waals surface area contributed by atoms with E-state index in [0.29, 0.717) is 16.3 Å². The van der Waals surface area contributed by atoms with Crippen LogP contribution >= 0.6 is 11.6 Å². The van der Waals surface area contributed by atoms with Gasteiger partial charge in [0.25, 0.3) is 5.91 Å². The molecule has 0 saturated carbocycles. The number of nitrogens with one attached hydrogen (secondary N) is 1. The van der Waals surface area contributed by atoms with Gasteiger partial charge >= 0.3 is 6.03 Å². The van der Waals surface area contributed by atoms with Crippen LogP contribution in [-0.4, -0.2) is 50.4 Å². The number of sulfonamides is 1. The monoisotopic (exact) mass is 463 g/mol. The van der Waals surface area contributed by atoms with Crippen molar-refractivity contribution in [1.29, 1.82) is 0 Å². The lowest BCUT2D eigenvalue weighted by atomic mass is 9.92. The van der Waals surface area contributed by atoms with Crippen molar-refractivity contribution < 1.29 is 22.8 Å². The van der Waals surface area contributed by atoms with Crippen molar-refractivity contribution in [3.8, 4) is 0 Å². The molecule has 0 radical (unpaired) electrons. The fraction of sp³-hybridized carbons (Fsp3) is 0.286. The van der Waals surface area contributed by atoms with E-state index in [0.717, 1.165) is 11.2 Å². The van der Waals surface area contributed by atoms with Crippen molar-refractivity contribution in [2.24, 2.45) is 0 Å². The fourth-order valence-corrected chi connectivity index (χ4v) is 4.58. The molecule has 8 nitrogen and oxygen atoms in total. The molecule has 1 unspecified atom stereocenters. The van der Waals surface area contributed by atoms with Gasteiger partial charge in [0.15, 0.2) is 5.78 Å². The van der Waals surface area contributed by atoms with Gasteiger partial charge < -0.3 is 5.32 Å². The lowest BCUT2D eigenvalue weighted by Gasteiger charge is -2.22. The molecule has 0 bridgehead atoms. The quantitative estimate of drug-likeness (QED) is 0.502. The second-order valence-corrected chi connectivity index (χ2v) is 9.69. The molecule has 3 amide bonds. The standard InChI is InChI=1S/C21H22ClN3O5S/c1-4-25(31(3,29)30)17-11-5-14(6-12-17)18(26)13-24-19(27)21(2,23-20(24)28)15-7-9-16(22)10-8-15/h5-12H,4,13H2,1-3H3,(H,23,28). The summed E-state index contributed by atoms with van der Waals surface area (Å²) >= 11 is 5.90. The number of imide groups is 1. The molecule has 1 fully saturated rings. The number of ketones is 1. The molecule has 3 rings (SSSR count). The van der Waals surface area contributed by atoms with Crippen molar-refractivity contribution in [1.82, 2.24) is 10.2 Å². The SMILES string of the molecule is CCN(c1ccc(C(=O)CN2C(=O)NC(C)(c3ccc(Cl)cc3)C2=O)cc1)S(C)(=O)=O. The zero-order valence-corrected chi connectivity index (χ0v) is 18.8. The first-order valence-electron chi connectivity index (χ1n) is 9.48. The van der Waals surface area contributed by atoms with Crippen LogP contribution in [0.1, 0.15) is 29.8 Å². The first-order valence-corrected chi connectivity index (χ1v) is 11.7. The molecule has 0 spiro atoms. The summed E-state index contributed by atoms with van der Waals surface area (Å²) in [6.07, 6.45) is 1.10. The number of benzene rings is 2. The summed E-state index contributed by atoms with van der Waals surface area (Å²) in [4.78, 5) is 39.0. The number of rotatable bonds is 7. The Morgan fingerprint density at radius 2 is 1.68 bits per heavy atom. The van der Waals surface area contributed by atoms with Gasteiger partial charge in [0.1, 0.15) is 5.54 Å². The van der Waals surface area contributed by atoms with Crippen molar-refractivity contribution >= 4 is 45.0 Å². The fourth-order valence-electron chi connectivity index (χ4n) is 3.48. The van der Waals surface area contributed by atoms with Gasteiger partial charge in [-0.25, -0.2) is 13.2 Å². The summed E-state index contributed by atoms with van der Waals surface area (Å²) in [6.45, 7) is 3.09. The molecule has 31 heavy (non-hydrogen) atoms. The van der Waals surface area contributed by atoms with Crippen LogP contribution in [0.4, 0.5) is 10.5 Å². The number of urea groups is 1. The van der Waals surface area contributed by atoms with Gasteiger partial charge in [-0.2, -0.15) is 0 Å². The zero-order chi connectivity index (χ0) is 23.0. The number of Topliss-reactive ketones (excluding diaryl/α,β-unsaturated/α-hetero) is 1. The maximum atomic E-state index is 13.0. The largest absolute Gasteiger partial charge is 0.325 e. The molecule has 2 aromatic carbocycles. The molecule has 0 aliphatic carbocycles. The van der Waals surface area contributed by atoms with E-state index in [9.17, 15) is 22.8 Å². The van der Waals surface area contributed by atoms with Crippen LogP contribution in [-0.2, 0) is 20.4 Å². The molecule has 1 saturated heterocycles. The molecule has 164 valence electrons. The van der Waals surface area contributed by atoms with Crippen molar-refractivity contribution in [2.45, 2.75) is 19.4 Å². The number of anilines is 1. The third-order valence-corrected chi connectivity index (χ3v) is 6.68. The average molecular weight is 464 g/mol. The zero-order valence-electron chi connectivity index (χ0n) is 17.3. The number of carbonyl (C=O) groups is 3. The van der Waals surface area contributed by atoms with Crippen LogP contribution in [0.2, 0.25) is 5.02 Å². The van der Waals surface area contributed by atoms with Crippen LogP contribution in [0.5, 0.6) is 0 Å². The Kier molecular flexibility index (Phi) is 6.11. The maximum Gasteiger partial charge on any atom is 0.325 e. The van der Waals surface area contributed by atoms with Crippen LogP contribution in [0.25, 0.3) is 0 Å². The average Bonchev–Trinajstić information content (AvgIpc) is 2.92. The Balaban J connectivity index is 1.78. The normalized spacial score (nSPS) is 18.8. The summed E-state index contributed by atoms with van der Waals surface area (Å²) in [6, 6.07) is 11.8. The van der Waals surface area contributed by atoms with E-state index in [1.165, 1.54) is 28.6 Å². The lowest BCUT2D eigenvalue weighted by molar-refractivity contribution is -0.130. The van der Waals surface area contributed by atoms with E-state index in [1.54, 1.807) is 38.1 Å². The highest BCUT2D eigenvalue weighted by Crippen LogP contribution is 2.30. The van der Waals surface area contributed by atoms with Gasteiger partial charge in [0.2, 0.25) is 10.0 Å². The van der Waals surface area contributed by atoms with Crippen LogP contribution in [0.15, 0.2) is 48.5 Å². The van der Waals surface area contributed by atoms with E-state index < -0.39 is 39.8 Å². The number of amides is 3. The molecular weight excluding hydrogens is 442 g/mol. The molecule has 1 N–H and O–H groups in total. The first-order chi connectivity index (χ1) is 14.5. The van der Waals surface area contributed by atoms with E-state index in [1.807, 2.05) is 0 Å². The minimum Gasteiger partial charge on any atom is -0.319 e. The van der Waals surface area contributed by atoms with E-state index in [4.69, 9.17) is 11.6 Å². The van der Waals surface area contributed by atoms with Crippen molar-refractivity contribution in [3.05, 3.63) is 64.7 Å². The highest BCUT2D eigenvalue weighted by atomic mass is 35.5. The van der Waals surface area contributed by atoms with Crippen LogP contribution < -0.4 is 9.62 Å². The Morgan fingerprint density at radius 3 is 2.19 bits per heavy atom. The second-order valence-electron chi connectivity index (χ2n) is 7.35. The molecule has 10 heteroatoms. The van der Waals surface area contributed by atoms with Crippen LogP contribution in [0, 0.1) is 0 Å². The van der Waals surface area contributed by atoms with Crippen molar-refractivity contribution in [3.63, 3.8) is 0 Å². The molecule has 1 aliphatic heterocycles. The molecule has 1 heterocycles. The number of hydrogen-bond acceptors (Lipinski definition) is 5. The van der Waals surface area contributed by atoms with Gasteiger partial charge in [-0.05, 0) is 55.8 Å². The predicted octanol–water partition coefficient (Wildman–Crippen LogP) is 2.78. The molecular formula is C21H22ClN3O5S. The minimum absolute atomic E-state index is 0.248. The molecule has 1 aliphatic rings. The number of nitrogens with zero attached hydrogens (tertiary/aromatic N) is 2. The minimum atomic E-state index is -3.44. The van der Waals surface area contributed by atoms with Gasteiger partial charge in [0, 0.05) is 17.1 Å². The van der Waals surface area contributed by atoms with Gasteiger partial charge in [0.05, 0.1) is 18.5 Å². The van der Waals surface area contributed by atoms with Gasteiger partial charge in [-0.15, -0.1) is 0 Å². The highest BCUT2D eigenvalue weighted by Gasteiger charge is 2.49. The molecule has 1 atom stereocenters. The molecule has 2 aromatic rings. The van der Waals surface area contributed by atoms with Crippen LogP contribution in [0.3, 0.4) is 0 Å². The predicted molar refractivity (Wildman–Crippen MR) is 118 cm³/mol. The Hall–Kier alpha value is -2.91. The summed E-state index contributed by atoms with van der Waals surface area (Å²) in [7, 11) is -3.44. The third kappa shape index (κ3) is 4.42. The second kappa shape index (κ2) is 8.32. The number of carbonyl (C=O) groups excluding carboxylic acids is 3. The van der Waals surface area contributed by atoms with E-state index in [-0.39, 0.29) is 12.1 Å². The van der Waals surface area contributed by atoms with Gasteiger partial charge in [-0.3, -0.25) is 18.8 Å². The third-order valence-electron chi connectivity index (χ3n) is 5.16. The number of hydrogen-bond donors (Lipinski definition) is 1. The Bertz CT molecular complexity index is 1130. The number of halogens is 1. The van der Waals surface area contributed by atoms with E-state index in [2.05, 4.69) is 5.32 Å². The topological polar surface area (TPSA) is 104 Å². The summed E-state index contributed by atoms with van der Waals surface area (Å²) < 4.78 is 24.9. The lowest BCUT2D eigenvalue weighted by Crippen LogP contribution is -2.41. The molecule has 0 aromatic heterocycles. The van der Waals surface area contributed by atoms with Gasteiger partial charge in [-0.1, -0.05) is 23.7 Å². The Morgan fingerprint density at radius 1 is 1.10 bits per heavy atom. The summed E-state index contributed by atoms with van der Waals surface area (Å²) in [5, 5.41) is 3.14. The Labute approximate surface area is 185 Å². The van der Waals surface area contributed by atoms with E-state index >= 15 is 0 Å². The summed E-state index contributed by atoms with van der Waals surface area (Å²) in [5.41, 5.74) is -0.0704. The smallest absolute Gasteiger partial charge is 0.319 e. The summed E-state index contributed by atoms with van der Waals surface area (Å²) in [5.74, 6) is -0.989. The highest BCUT2D eigenvalue weighted by molar-refractivity contribution is 7.92. The first kappa shape index (κ1) is 22.8.